The number of nitrogens with zero attached hydrogens (tertiary/aromatic N) is 1. The highest BCUT2D eigenvalue weighted by atomic mass is 16.6. The van der Waals surface area contributed by atoms with Crippen LogP contribution >= 0.6 is 0 Å². The zero-order valence-corrected chi connectivity index (χ0v) is 10.4. The lowest BCUT2D eigenvalue weighted by molar-refractivity contribution is -0.385. The summed E-state index contributed by atoms with van der Waals surface area (Å²) in [5.74, 6) is 0.384. The lowest BCUT2D eigenvalue weighted by Crippen LogP contribution is -2.21. The van der Waals surface area contributed by atoms with Crippen LogP contribution in [0.15, 0.2) is 12.1 Å². The normalized spacial score (nSPS) is 12.0. The van der Waals surface area contributed by atoms with Crippen LogP contribution in [0.25, 0.3) is 0 Å². The average molecular weight is 272 g/mol. The molecular weight excluding hydrogens is 256 g/mol. The number of nitro benzene ring substituents is 1. The van der Waals surface area contributed by atoms with E-state index in [4.69, 9.17) is 20.3 Å². The van der Waals surface area contributed by atoms with Gasteiger partial charge in [0.05, 0.1) is 24.7 Å². The van der Waals surface area contributed by atoms with Crippen LogP contribution in [-0.4, -0.2) is 41.6 Å². The van der Waals surface area contributed by atoms with Crippen molar-refractivity contribution in [2.24, 2.45) is 5.73 Å². The molecule has 0 heterocycles. The predicted molar refractivity (Wildman–Crippen MR) is 66.1 cm³/mol. The van der Waals surface area contributed by atoms with Crippen molar-refractivity contribution in [3.05, 3.63) is 27.8 Å². The third-order valence-corrected chi connectivity index (χ3v) is 2.42. The van der Waals surface area contributed by atoms with Crippen LogP contribution in [0.1, 0.15) is 5.56 Å². The van der Waals surface area contributed by atoms with E-state index in [1.54, 1.807) is 0 Å². The molecule has 1 unspecified atom stereocenters. The summed E-state index contributed by atoms with van der Waals surface area (Å²) in [6.45, 7) is -0.677. The summed E-state index contributed by atoms with van der Waals surface area (Å²) in [4.78, 5) is 10.3. The lowest BCUT2D eigenvalue weighted by atomic mass is 10.1. The van der Waals surface area contributed by atoms with Gasteiger partial charge in [-0.3, -0.25) is 10.1 Å². The number of aliphatic hydroxyl groups is 2. The van der Waals surface area contributed by atoms with Crippen LogP contribution in [0.5, 0.6) is 11.5 Å². The minimum absolute atomic E-state index is 0.00772. The van der Waals surface area contributed by atoms with Gasteiger partial charge in [0.1, 0.15) is 12.7 Å². The minimum Gasteiger partial charge on any atom is -0.493 e. The highest BCUT2D eigenvalue weighted by Crippen LogP contribution is 2.34. The van der Waals surface area contributed by atoms with Crippen molar-refractivity contribution in [1.82, 2.24) is 0 Å². The summed E-state index contributed by atoms with van der Waals surface area (Å²) in [5.41, 5.74) is 5.56. The highest BCUT2D eigenvalue weighted by Gasteiger charge is 2.19. The van der Waals surface area contributed by atoms with Crippen LogP contribution in [-0.2, 0) is 6.54 Å². The van der Waals surface area contributed by atoms with E-state index in [1.807, 2.05) is 0 Å². The van der Waals surface area contributed by atoms with Gasteiger partial charge >= 0.3 is 0 Å². The van der Waals surface area contributed by atoms with Crippen molar-refractivity contribution in [2.45, 2.75) is 12.6 Å². The molecular formula is C11H16N2O6. The van der Waals surface area contributed by atoms with Gasteiger partial charge < -0.3 is 25.4 Å². The Morgan fingerprint density at radius 2 is 2.16 bits per heavy atom. The molecule has 0 aliphatic rings. The fourth-order valence-electron chi connectivity index (χ4n) is 1.44. The Balaban J connectivity index is 3.07. The maximum Gasteiger partial charge on any atom is 0.277 e. The standard InChI is InChI=1S/C11H16N2O6/c1-18-10-2-7(4-12)9(13(16)17)3-11(10)19-6-8(15)5-14/h2-3,8,14-15H,4-6,12H2,1H3. The van der Waals surface area contributed by atoms with Gasteiger partial charge in [-0.2, -0.15) is 0 Å². The molecule has 8 nitrogen and oxygen atoms in total. The molecule has 0 aliphatic heterocycles. The fraction of sp³-hybridized carbons (Fsp3) is 0.455. The number of hydrogen-bond acceptors (Lipinski definition) is 7. The number of hydrogen-bond donors (Lipinski definition) is 3. The molecule has 1 atom stereocenters. The van der Waals surface area contributed by atoms with Gasteiger partial charge in [-0.25, -0.2) is 0 Å². The SMILES string of the molecule is COc1cc(CN)c([N+](=O)[O-])cc1OCC(O)CO. The summed E-state index contributed by atoms with van der Waals surface area (Å²) in [6.07, 6.45) is -1.07. The molecule has 0 aromatic heterocycles. The van der Waals surface area contributed by atoms with Crippen molar-refractivity contribution < 1.29 is 24.6 Å². The van der Waals surface area contributed by atoms with E-state index in [0.29, 0.717) is 5.56 Å². The summed E-state index contributed by atoms with van der Waals surface area (Å²) >= 11 is 0. The molecule has 0 amide bonds. The maximum atomic E-state index is 10.9. The molecule has 106 valence electrons. The first kappa shape index (κ1) is 15.2. The van der Waals surface area contributed by atoms with Crippen molar-refractivity contribution >= 4 is 5.69 Å². The molecule has 0 fully saturated rings. The van der Waals surface area contributed by atoms with Crippen LogP contribution < -0.4 is 15.2 Å². The van der Waals surface area contributed by atoms with Gasteiger partial charge in [0.15, 0.2) is 11.5 Å². The Labute approximate surface area is 109 Å². The molecule has 0 aliphatic carbocycles. The number of ether oxygens (including phenoxy) is 2. The second-order valence-corrected chi connectivity index (χ2v) is 3.74. The van der Waals surface area contributed by atoms with Crippen molar-refractivity contribution in [1.29, 1.82) is 0 Å². The Morgan fingerprint density at radius 1 is 1.47 bits per heavy atom. The molecule has 0 spiro atoms. The van der Waals surface area contributed by atoms with E-state index >= 15 is 0 Å². The molecule has 1 rings (SSSR count). The highest BCUT2D eigenvalue weighted by molar-refractivity contribution is 5.54. The zero-order valence-electron chi connectivity index (χ0n) is 10.4. The van der Waals surface area contributed by atoms with Crippen LogP contribution in [0, 0.1) is 10.1 Å². The molecule has 1 aromatic rings. The second-order valence-electron chi connectivity index (χ2n) is 3.74. The lowest BCUT2D eigenvalue weighted by Gasteiger charge is -2.14. The monoisotopic (exact) mass is 272 g/mol. The minimum atomic E-state index is -1.07. The van der Waals surface area contributed by atoms with Crippen molar-refractivity contribution in [2.75, 3.05) is 20.3 Å². The van der Waals surface area contributed by atoms with Gasteiger partial charge in [-0.15, -0.1) is 0 Å². The third-order valence-electron chi connectivity index (χ3n) is 2.42. The van der Waals surface area contributed by atoms with E-state index in [2.05, 4.69) is 0 Å². The summed E-state index contributed by atoms with van der Waals surface area (Å²) in [7, 11) is 1.39. The number of aliphatic hydroxyl groups excluding tert-OH is 2. The van der Waals surface area contributed by atoms with Crippen molar-refractivity contribution in [3.8, 4) is 11.5 Å². The van der Waals surface area contributed by atoms with Gasteiger partial charge in [0.2, 0.25) is 0 Å². The smallest absolute Gasteiger partial charge is 0.277 e. The number of rotatable bonds is 7. The Morgan fingerprint density at radius 3 is 2.63 bits per heavy atom. The van der Waals surface area contributed by atoms with Gasteiger partial charge in [0.25, 0.3) is 5.69 Å². The van der Waals surface area contributed by atoms with E-state index < -0.39 is 17.6 Å². The van der Waals surface area contributed by atoms with Crippen LogP contribution in [0.2, 0.25) is 0 Å². The Bertz CT molecular complexity index is 451. The largest absolute Gasteiger partial charge is 0.493 e. The zero-order chi connectivity index (χ0) is 14.4. The summed E-state index contributed by atoms with van der Waals surface area (Å²) in [6, 6.07) is 2.60. The van der Waals surface area contributed by atoms with Gasteiger partial charge in [-0.05, 0) is 6.07 Å². The molecule has 0 saturated heterocycles. The third kappa shape index (κ3) is 3.78. The number of nitrogens with two attached hydrogens (primary N) is 1. The second kappa shape index (κ2) is 6.88. The average Bonchev–Trinajstić information content (AvgIpc) is 2.43. The molecule has 0 saturated carbocycles. The molecule has 4 N–H and O–H groups in total. The maximum absolute atomic E-state index is 10.9. The predicted octanol–water partition coefficient (Wildman–Crippen LogP) is -0.206. The first-order valence-corrected chi connectivity index (χ1v) is 5.50. The fourth-order valence-corrected chi connectivity index (χ4v) is 1.44. The van der Waals surface area contributed by atoms with Crippen LogP contribution in [0.4, 0.5) is 5.69 Å². The first-order chi connectivity index (χ1) is 9.03. The molecule has 19 heavy (non-hydrogen) atoms. The number of nitro groups is 1. The van der Waals surface area contributed by atoms with E-state index in [0.717, 1.165) is 0 Å². The van der Waals surface area contributed by atoms with E-state index in [1.165, 1.54) is 19.2 Å². The van der Waals surface area contributed by atoms with Crippen LogP contribution in [0.3, 0.4) is 0 Å². The van der Waals surface area contributed by atoms with Gasteiger partial charge in [0, 0.05) is 12.1 Å². The first-order valence-electron chi connectivity index (χ1n) is 5.50. The topological polar surface area (TPSA) is 128 Å². The number of methoxy groups -OCH3 is 1. The molecule has 1 aromatic carbocycles. The summed E-state index contributed by atoms with van der Waals surface area (Å²) < 4.78 is 10.2. The summed E-state index contributed by atoms with van der Waals surface area (Å²) in [5, 5.41) is 28.8. The Kier molecular flexibility index (Phi) is 5.49. The quantitative estimate of drug-likeness (QED) is 0.463. The Hall–Kier alpha value is -1.90. The molecule has 0 bridgehead atoms. The van der Waals surface area contributed by atoms with Crippen molar-refractivity contribution in [3.63, 3.8) is 0 Å². The van der Waals surface area contributed by atoms with Gasteiger partial charge in [-0.1, -0.05) is 0 Å². The molecule has 8 heteroatoms. The molecule has 0 radical (unpaired) electrons. The van der Waals surface area contributed by atoms with E-state index in [-0.39, 0.29) is 30.3 Å². The number of benzene rings is 1. The van der Waals surface area contributed by atoms with E-state index in [9.17, 15) is 15.2 Å².